The Bertz CT molecular complexity index is 1900. The summed E-state index contributed by atoms with van der Waals surface area (Å²) in [5, 5.41) is 9.89. The average molecular weight is 636 g/mol. The third kappa shape index (κ3) is 5.78. The van der Waals surface area contributed by atoms with Crippen molar-refractivity contribution in [2.24, 2.45) is 0 Å². The molecule has 2 aliphatic heterocycles. The fourth-order valence-corrected chi connectivity index (χ4v) is 6.75. The van der Waals surface area contributed by atoms with Gasteiger partial charge in [-0.25, -0.2) is 18.6 Å². The maximum absolute atomic E-state index is 15.2. The largest absolute Gasteiger partial charge is 0.485 e. The Morgan fingerprint density at radius 2 is 1.98 bits per heavy atom. The van der Waals surface area contributed by atoms with Gasteiger partial charge in [0.15, 0.2) is 16.8 Å². The molecule has 0 radical (unpaired) electrons. The van der Waals surface area contributed by atoms with E-state index in [4.69, 9.17) is 30.5 Å². The van der Waals surface area contributed by atoms with Crippen LogP contribution in [0.5, 0.6) is 5.75 Å². The van der Waals surface area contributed by atoms with Crippen molar-refractivity contribution in [3.63, 3.8) is 0 Å². The molecule has 1 N–H and O–H groups in total. The van der Waals surface area contributed by atoms with E-state index in [1.807, 2.05) is 6.07 Å². The molecule has 0 bridgehead atoms. The second-order valence-electron chi connectivity index (χ2n) is 11.9. The van der Waals surface area contributed by atoms with Crippen molar-refractivity contribution in [1.29, 1.82) is 0 Å². The number of ether oxygens (including phenoxy) is 2. The maximum Gasteiger partial charge on any atom is 0.335 e. The molecule has 2 aromatic heterocycles. The molecule has 2 fully saturated rings. The lowest BCUT2D eigenvalue weighted by Crippen LogP contribution is -2.40. The van der Waals surface area contributed by atoms with E-state index in [1.165, 1.54) is 18.2 Å². The molecule has 7 rings (SSSR count). The zero-order valence-corrected chi connectivity index (χ0v) is 25.4. The number of imidazole rings is 1. The SMILES string of the molecule is C[C@H]1CC(c2cccc(F)c2OCc2ccc(F)c3cc(Cl)oc23)CCN1Cc1nc2ccc(C(=O)O)cc2n1C[C@@H]1CCO1. The summed E-state index contributed by atoms with van der Waals surface area (Å²) in [5.74, 6) is -0.756. The number of fused-ring (bicyclic) bond motifs is 2. The highest BCUT2D eigenvalue weighted by atomic mass is 35.5. The Morgan fingerprint density at radius 3 is 2.73 bits per heavy atom. The van der Waals surface area contributed by atoms with Crippen LogP contribution in [-0.4, -0.2) is 50.8 Å². The van der Waals surface area contributed by atoms with Crippen LogP contribution in [0.2, 0.25) is 5.22 Å². The summed E-state index contributed by atoms with van der Waals surface area (Å²) >= 11 is 5.98. The Labute approximate surface area is 263 Å². The molecule has 0 amide bonds. The van der Waals surface area contributed by atoms with Crippen LogP contribution in [0.1, 0.15) is 59.4 Å². The summed E-state index contributed by atoms with van der Waals surface area (Å²) in [4.78, 5) is 18.9. The Morgan fingerprint density at radius 1 is 1.13 bits per heavy atom. The van der Waals surface area contributed by atoms with Gasteiger partial charge in [-0.15, -0.1) is 0 Å². The van der Waals surface area contributed by atoms with Crippen molar-refractivity contribution < 1.29 is 32.6 Å². The van der Waals surface area contributed by atoms with Crippen molar-refractivity contribution >= 4 is 39.6 Å². The number of carboxylic acids is 1. The number of aromatic nitrogens is 2. The molecular formula is C34H32ClF2N3O5. The van der Waals surface area contributed by atoms with E-state index in [1.54, 1.807) is 30.3 Å². The van der Waals surface area contributed by atoms with Gasteiger partial charge in [-0.05, 0) is 86.6 Å². The van der Waals surface area contributed by atoms with E-state index in [2.05, 4.69) is 16.4 Å². The number of rotatable bonds is 9. The van der Waals surface area contributed by atoms with Gasteiger partial charge in [-0.2, -0.15) is 0 Å². The lowest BCUT2D eigenvalue weighted by atomic mass is 9.85. The van der Waals surface area contributed by atoms with Crippen molar-refractivity contribution in [1.82, 2.24) is 14.5 Å². The highest BCUT2D eigenvalue weighted by Gasteiger charge is 2.31. The number of carboxylic acid groups (broad SMARTS) is 1. The van der Waals surface area contributed by atoms with Crippen LogP contribution < -0.4 is 4.74 Å². The number of hydrogen-bond acceptors (Lipinski definition) is 6. The molecule has 3 aromatic carbocycles. The minimum Gasteiger partial charge on any atom is -0.485 e. The molecule has 2 saturated heterocycles. The Hall–Kier alpha value is -3.99. The lowest BCUT2D eigenvalue weighted by Gasteiger charge is -2.38. The van der Waals surface area contributed by atoms with E-state index in [0.29, 0.717) is 18.7 Å². The fourth-order valence-electron chi connectivity index (χ4n) is 6.56. The van der Waals surface area contributed by atoms with Gasteiger partial charge in [0.25, 0.3) is 0 Å². The van der Waals surface area contributed by atoms with Gasteiger partial charge in [0.2, 0.25) is 0 Å². The van der Waals surface area contributed by atoms with E-state index < -0.39 is 17.6 Å². The molecule has 4 heterocycles. The summed E-state index contributed by atoms with van der Waals surface area (Å²) in [7, 11) is 0. The van der Waals surface area contributed by atoms with Gasteiger partial charge in [-0.3, -0.25) is 4.90 Å². The van der Waals surface area contributed by atoms with Crippen LogP contribution >= 0.6 is 11.6 Å². The Balaban J connectivity index is 1.09. The zero-order chi connectivity index (χ0) is 31.2. The fraction of sp³-hybridized carbons (Fsp3) is 0.353. The van der Waals surface area contributed by atoms with Crippen LogP contribution in [0.25, 0.3) is 22.0 Å². The van der Waals surface area contributed by atoms with Gasteiger partial charge < -0.3 is 23.6 Å². The molecule has 0 spiro atoms. The molecule has 234 valence electrons. The molecule has 3 atom stereocenters. The van der Waals surface area contributed by atoms with E-state index in [-0.39, 0.29) is 52.2 Å². The van der Waals surface area contributed by atoms with Gasteiger partial charge in [0.1, 0.15) is 23.8 Å². The first kappa shape index (κ1) is 29.7. The number of aromatic carboxylic acids is 1. The molecule has 0 aliphatic carbocycles. The number of furan rings is 1. The number of likely N-dealkylation sites (tertiary alicyclic amines) is 1. The third-order valence-corrected chi connectivity index (χ3v) is 9.29. The standard InChI is InChI=1S/C34H32ClF2N3O5/c1-19-13-20(24-3-2-4-27(37)33(24)44-18-22-5-7-26(36)25-15-30(35)45-32(22)25)9-11-39(19)17-31-38-28-8-6-21(34(41)42)14-29(28)40(31)16-23-10-12-43-23/h2-8,14-15,19-20,23H,9-13,16-18H2,1H3,(H,41,42)/t19-,20?,23-/m0/s1. The smallest absolute Gasteiger partial charge is 0.335 e. The first-order valence-corrected chi connectivity index (χ1v) is 15.5. The minimum absolute atomic E-state index is 0.00647. The highest BCUT2D eigenvalue weighted by Crippen LogP contribution is 2.39. The summed E-state index contributed by atoms with van der Waals surface area (Å²) in [6.07, 6.45) is 2.61. The summed E-state index contributed by atoms with van der Waals surface area (Å²) in [5.41, 5.74) is 3.43. The first-order valence-electron chi connectivity index (χ1n) is 15.1. The third-order valence-electron chi connectivity index (χ3n) is 9.10. The normalized spacial score (nSPS) is 20.5. The van der Waals surface area contributed by atoms with Crippen LogP contribution in [0.4, 0.5) is 8.78 Å². The zero-order valence-electron chi connectivity index (χ0n) is 24.6. The number of hydrogen-bond donors (Lipinski definition) is 1. The van der Waals surface area contributed by atoms with Crippen molar-refractivity contribution in [3.05, 3.63) is 94.0 Å². The molecule has 1 unspecified atom stereocenters. The van der Waals surface area contributed by atoms with Crippen molar-refractivity contribution in [3.8, 4) is 5.75 Å². The molecule has 5 aromatic rings. The van der Waals surface area contributed by atoms with Crippen molar-refractivity contribution in [2.75, 3.05) is 13.2 Å². The Kier molecular flexibility index (Phi) is 7.97. The average Bonchev–Trinajstić information content (AvgIpc) is 3.56. The number of carbonyl (C=O) groups is 1. The lowest BCUT2D eigenvalue weighted by molar-refractivity contribution is -0.0592. The molecule has 0 saturated carbocycles. The van der Waals surface area contributed by atoms with E-state index in [9.17, 15) is 14.3 Å². The van der Waals surface area contributed by atoms with Crippen LogP contribution in [-0.2, 0) is 24.4 Å². The van der Waals surface area contributed by atoms with Gasteiger partial charge in [-0.1, -0.05) is 12.1 Å². The summed E-state index contributed by atoms with van der Waals surface area (Å²) in [6.45, 7) is 4.86. The maximum atomic E-state index is 15.2. The predicted octanol–water partition coefficient (Wildman–Crippen LogP) is 7.55. The number of piperidine rings is 1. The second kappa shape index (κ2) is 12.1. The minimum atomic E-state index is -0.973. The molecule has 11 heteroatoms. The number of halogens is 3. The van der Waals surface area contributed by atoms with Crippen LogP contribution in [0.15, 0.2) is 59.0 Å². The first-order chi connectivity index (χ1) is 21.7. The highest BCUT2D eigenvalue weighted by molar-refractivity contribution is 6.29. The number of para-hydroxylation sites is 1. The second-order valence-corrected chi connectivity index (χ2v) is 12.3. The van der Waals surface area contributed by atoms with Crippen LogP contribution in [0, 0.1) is 11.6 Å². The number of benzene rings is 3. The quantitative estimate of drug-likeness (QED) is 0.179. The molecule has 8 nitrogen and oxygen atoms in total. The van der Waals surface area contributed by atoms with Gasteiger partial charge >= 0.3 is 5.97 Å². The van der Waals surface area contributed by atoms with Gasteiger partial charge in [0, 0.05) is 29.8 Å². The van der Waals surface area contributed by atoms with Gasteiger partial charge in [0.05, 0.1) is 41.2 Å². The molecule has 45 heavy (non-hydrogen) atoms. The monoisotopic (exact) mass is 635 g/mol. The summed E-state index contributed by atoms with van der Waals surface area (Å²) < 4.78 is 48.9. The number of nitrogens with zero attached hydrogens (tertiary/aromatic N) is 3. The van der Waals surface area contributed by atoms with Crippen molar-refractivity contribution in [2.45, 2.75) is 63.9 Å². The predicted molar refractivity (Wildman–Crippen MR) is 165 cm³/mol. The topological polar surface area (TPSA) is 90.0 Å². The summed E-state index contributed by atoms with van der Waals surface area (Å²) in [6, 6.07) is 14.5. The van der Waals surface area contributed by atoms with Crippen LogP contribution in [0.3, 0.4) is 0 Å². The molecule has 2 aliphatic rings. The van der Waals surface area contributed by atoms with E-state index in [0.717, 1.165) is 54.8 Å². The van der Waals surface area contributed by atoms with E-state index >= 15 is 4.39 Å². The molecular weight excluding hydrogens is 604 g/mol.